The van der Waals surface area contributed by atoms with Gasteiger partial charge in [0, 0.05) is 31.8 Å². The van der Waals surface area contributed by atoms with Crippen molar-refractivity contribution in [2.75, 3.05) is 28.3 Å². The molecule has 29 heavy (non-hydrogen) atoms. The van der Waals surface area contributed by atoms with Crippen LogP contribution in [0.3, 0.4) is 0 Å². The van der Waals surface area contributed by atoms with Gasteiger partial charge in [0.05, 0.1) is 19.9 Å². The third-order valence-electron chi connectivity index (χ3n) is 4.28. The topological polar surface area (TPSA) is 73.8 Å². The average Bonchev–Trinajstić information content (AvgIpc) is 2.74. The van der Waals surface area contributed by atoms with Gasteiger partial charge in [-0.3, -0.25) is 0 Å². The fourth-order valence-electron chi connectivity index (χ4n) is 2.80. The van der Waals surface area contributed by atoms with Gasteiger partial charge in [-0.05, 0) is 35.9 Å². The summed E-state index contributed by atoms with van der Waals surface area (Å²) in [4.78, 5) is 22.0. The lowest BCUT2D eigenvalue weighted by atomic mass is 10.1. The molecule has 1 heterocycles. The first-order chi connectivity index (χ1) is 14.0. The van der Waals surface area contributed by atoms with Gasteiger partial charge in [-0.1, -0.05) is 18.2 Å². The molecule has 0 spiro atoms. The number of carbonyl (C=O) groups is 1. The molecule has 0 radical (unpaired) electrons. The molecule has 2 aromatic carbocycles. The largest absolute Gasteiger partial charge is 0.496 e. The van der Waals surface area contributed by atoms with Crippen molar-refractivity contribution < 1.29 is 19.0 Å². The summed E-state index contributed by atoms with van der Waals surface area (Å²) in [6, 6.07) is 15.1. The highest BCUT2D eigenvalue weighted by molar-refractivity contribution is 5.71. The third-order valence-corrected chi connectivity index (χ3v) is 4.28. The van der Waals surface area contributed by atoms with Gasteiger partial charge < -0.3 is 19.1 Å². The zero-order valence-corrected chi connectivity index (χ0v) is 16.9. The van der Waals surface area contributed by atoms with Gasteiger partial charge in [0.15, 0.2) is 11.5 Å². The first-order valence-corrected chi connectivity index (χ1v) is 9.02. The number of carbonyl (C=O) groups excluding carboxylic acids is 1. The summed E-state index contributed by atoms with van der Waals surface area (Å²) in [7, 11) is 6.42. The number of hydrogen-bond donors (Lipinski definition) is 0. The Morgan fingerprint density at radius 2 is 1.69 bits per heavy atom. The van der Waals surface area contributed by atoms with Crippen LogP contribution in [0.1, 0.15) is 11.3 Å². The van der Waals surface area contributed by atoms with Crippen LogP contribution in [-0.2, 0) is 6.42 Å². The molecule has 3 aromatic rings. The zero-order chi connectivity index (χ0) is 20.8. The maximum absolute atomic E-state index is 11.9. The smallest absolute Gasteiger partial charge is 0.414 e. The van der Waals surface area contributed by atoms with E-state index in [4.69, 9.17) is 14.2 Å². The minimum absolute atomic E-state index is 0.364. The van der Waals surface area contributed by atoms with Crippen molar-refractivity contribution in [1.29, 1.82) is 0 Å². The molecule has 1 aromatic heterocycles. The normalized spacial score (nSPS) is 10.3. The van der Waals surface area contributed by atoms with Crippen molar-refractivity contribution >= 4 is 6.09 Å². The quantitative estimate of drug-likeness (QED) is 0.634. The average molecular weight is 393 g/mol. The predicted molar refractivity (Wildman–Crippen MR) is 110 cm³/mol. The SMILES string of the molecule is COc1ccc(Cc2cc(-c3ccccc3OC)ncn2)cc1OC(=O)N(C)C. The van der Waals surface area contributed by atoms with E-state index < -0.39 is 6.09 Å². The highest BCUT2D eigenvalue weighted by Gasteiger charge is 2.14. The third kappa shape index (κ3) is 4.82. The summed E-state index contributed by atoms with van der Waals surface area (Å²) in [5.74, 6) is 1.60. The maximum Gasteiger partial charge on any atom is 0.414 e. The van der Waals surface area contributed by atoms with Crippen LogP contribution in [0.5, 0.6) is 17.2 Å². The summed E-state index contributed by atoms with van der Waals surface area (Å²) >= 11 is 0. The Morgan fingerprint density at radius 1 is 0.931 bits per heavy atom. The van der Waals surface area contributed by atoms with E-state index in [1.807, 2.05) is 36.4 Å². The molecule has 0 atom stereocenters. The van der Waals surface area contributed by atoms with Gasteiger partial charge in [-0.2, -0.15) is 0 Å². The molecule has 150 valence electrons. The van der Waals surface area contributed by atoms with Gasteiger partial charge in [-0.25, -0.2) is 14.8 Å². The molecule has 0 aliphatic rings. The van der Waals surface area contributed by atoms with Crippen LogP contribution in [0.25, 0.3) is 11.3 Å². The molecule has 0 aliphatic carbocycles. The van der Waals surface area contributed by atoms with Crippen molar-refractivity contribution in [2.45, 2.75) is 6.42 Å². The van der Waals surface area contributed by atoms with Gasteiger partial charge in [0.2, 0.25) is 0 Å². The van der Waals surface area contributed by atoms with E-state index in [-0.39, 0.29) is 0 Å². The van der Waals surface area contributed by atoms with E-state index >= 15 is 0 Å². The van der Waals surface area contributed by atoms with Crippen LogP contribution < -0.4 is 14.2 Å². The van der Waals surface area contributed by atoms with E-state index in [0.717, 1.165) is 28.3 Å². The second-order valence-electron chi connectivity index (χ2n) is 6.52. The fraction of sp³-hybridized carbons (Fsp3) is 0.227. The Bertz CT molecular complexity index is 1000. The molecule has 0 bridgehead atoms. The maximum atomic E-state index is 11.9. The molecule has 0 saturated heterocycles. The number of ether oxygens (including phenoxy) is 3. The molecular formula is C22H23N3O4. The van der Waals surface area contributed by atoms with Crippen LogP contribution in [0.4, 0.5) is 4.79 Å². The van der Waals surface area contributed by atoms with Crippen molar-refractivity contribution in [1.82, 2.24) is 14.9 Å². The summed E-state index contributed by atoms with van der Waals surface area (Å²) in [5, 5.41) is 0. The van der Waals surface area contributed by atoms with Crippen LogP contribution in [-0.4, -0.2) is 49.3 Å². The second kappa shape index (κ2) is 9.05. The molecule has 0 saturated carbocycles. The monoisotopic (exact) mass is 393 g/mol. The van der Waals surface area contributed by atoms with Crippen LogP contribution in [0, 0.1) is 0 Å². The van der Waals surface area contributed by atoms with E-state index in [2.05, 4.69) is 9.97 Å². The molecule has 0 fully saturated rings. The molecule has 3 rings (SSSR count). The number of para-hydroxylation sites is 1. The summed E-state index contributed by atoms with van der Waals surface area (Å²) in [6.45, 7) is 0. The van der Waals surface area contributed by atoms with Crippen LogP contribution in [0.2, 0.25) is 0 Å². The van der Waals surface area contributed by atoms with Gasteiger partial charge in [-0.15, -0.1) is 0 Å². The fourth-order valence-corrected chi connectivity index (χ4v) is 2.80. The van der Waals surface area contributed by atoms with Crippen molar-refractivity contribution in [2.24, 2.45) is 0 Å². The molecule has 0 aliphatic heterocycles. The Labute approximate surface area is 169 Å². The van der Waals surface area contributed by atoms with E-state index in [0.29, 0.717) is 17.9 Å². The Kier molecular flexibility index (Phi) is 6.29. The summed E-state index contributed by atoms with van der Waals surface area (Å²) in [5.41, 5.74) is 3.43. The Hall–Kier alpha value is -3.61. The number of nitrogens with zero attached hydrogens (tertiary/aromatic N) is 3. The minimum Gasteiger partial charge on any atom is -0.496 e. The lowest BCUT2D eigenvalue weighted by Gasteiger charge is -2.14. The van der Waals surface area contributed by atoms with Gasteiger partial charge >= 0.3 is 6.09 Å². The number of benzene rings is 2. The Morgan fingerprint density at radius 3 is 2.41 bits per heavy atom. The molecule has 7 nitrogen and oxygen atoms in total. The van der Waals surface area contributed by atoms with Crippen molar-refractivity contribution in [3.63, 3.8) is 0 Å². The summed E-state index contributed by atoms with van der Waals surface area (Å²) in [6.07, 6.45) is 1.61. The van der Waals surface area contributed by atoms with Gasteiger partial charge in [0.1, 0.15) is 12.1 Å². The highest BCUT2D eigenvalue weighted by atomic mass is 16.6. The van der Waals surface area contributed by atoms with E-state index in [1.165, 1.54) is 18.3 Å². The molecule has 1 amide bonds. The number of methoxy groups -OCH3 is 2. The summed E-state index contributed by atoms with van der Waals surface area (Å²) < 4.78 is 16.1. The predicted octanol–water partition coefficient (Wildman–Crippen LogP) is 3.81. The zero-order valence-electron chi connectivity index (χ0n) is 16.9. The molecular weight excluding hydrogens is 370 g/mol. The van der Waals surface area contributed by atoms with E-state index in [9.17, 15) is 4.79 Å². The highest BCUT2D eigenvalue weighted by Crippen LogP contribution is 2.31. The van der Waals surface area contributed by atoms with E-state index in [1.54, 1.807) is 33.3 Å². The van der Waals surface area contributed by atoms with Crippen molar-refractivity contribution in [3.05, 3.63) is 66.1 Å². The molecule has 0 N–H and O–H groups in total. The number of aromatic nitrogens is 2. The van der Waals surface area contributed by atoms with Gasteiger partial charge in [0.25, 0.3) is 0 Å². The van der Waals surface area contributed by atoms with Crippen molar-refractivity contribution in [3.8, 4) is 28.5 Å². The lowest BCUT2D eigenvalue weighted by Crippen LogP contribution is -2.25. The number of hydrogen-bond acceptors (Lipinski definition) is 6. The minimum atomic E-state index is -0.471. The van der Waals surface area contributed by atoms with Crippen LogP contribution in [0.15, 0.2) is 54.9 Å². The Balaban J connectivity index is 1.88. The first-order valence-electron chi connectivity index (χ1n) is 9.02. The standard InChI is InChI=1S/C22H23N3O4/c1-25(2)22(26)29-21-12-15(9-10-20(21)28-4)11-16-13-18(24-14-23-16)17-7-5-6-8-19(17)27-3/h5-10,12-14H,11H2,1-4H3. The lowest BCUT2D eigenvalue weighted by molar-refractivity contribution is 0.170. The van der Waals surface area contributed by atoms with Crippen LogP contribution >= 0.6 is 0 Å². The molecule has 0 unspecified atom stereocenters. The first kappa shape index (κ1) is 20.1. The number of amides is 1. The number of rotatable bonds is 6. The molecule has 7 heteroatoms. The second-order valence-corrected chi connectivity index (χ2v) is 6.52.